The Hall–Kier alpha value is -1.79. The van der Waals surface area contributed by atoms with Crippen molar-refractivity contribution in [1.29, 1.82) is 0 Å². The first-order chi connectivity index (χ1) is 11.2. The second kappa shape index (κ2) is 9.37. The van der Waals surface area contributed by atoms with E-state index in [1.807, 2.05) is 18.2 Å². The number of benzene rings is 1. The number of piperazine rings is 1. The summed E-state index contributed by atoms with van der Waals surface area (Å²) >= 11 is 0. The van der Waals surface area contributed by atoms with Crippen molar-refractivity contribution in [3.63, 3.8) is 0 Å². The normalized spacial score (nSPS) is 15.6. The summed E-state index contributed by atoms with van der Waals surface area (Å²) in [5.74, 6) is 0.176. The highest BCUT2D eigenvalue weighted by Gasteiger charge is 2.19. The predicted octanol–water partition coefficient (Wildman–Crippen LogP) is 1.70. The van der Waals surface area contributed by atoms with E-state index in [0.717, 1.165) is 44.2 Å². The molecule has 1 aliphatic rings. The van der Waals surface area contributed by atoms with Gasteiger partial charge in [-0.05, 0) is 25.1 Å². The van der Waals surface area contributed by atoms with E-state index >= 15 is 0 Å². The molecule has 23 heavy (non-hydrogen) atoms. The molecular weight excluding hydrogens is 296 g/mol. The minimum absolute atomic E-state index is 0.246. The number of methoxy groups -OCH3 is 1. The predicted molar refractivity (Wildman–Crippen MR) is 89.3 cm³/mol. The van der Waals surface area contributed by atoms with Gasteiger partial charge < -0.3 is 19.5 Å². The highest BCUT2D eigenvalue weighted by Crippen LogP contribution is 2.28. The van der Waals surface area contributed by atoms with E-state index in [1.165, 1.54) is 0 Å². The van der Waals surface area contributed by atoms with Crippen LogP contribution in [-0.4, -0.2) is 69.0 Å². The van der Waals surface area contributed by atoms with Gasteiger partial charge in [-0.2, -0.15) is 0 Å². The molecule has 1 aromatic rings. The monoisotopic (exact) mass is 322 g/mol. The molecule has 1 fully saturated rings. The SMILES string of the molecule is COCCOc1ccccc1N1CCN(CCCC(=O)O)CC1. The Kier molecular flexibility index (Phi) is 7.16. The Morgan fingerprint density at radius 2 is 1.91 bits per heavy atom. The van der Waals surface area contributed by atoms with Crippen LogP contribution in [0.5, 0.6) is 5.75 Å². The fourth-order valence-electron chi connectivity index (χ4n) is 2.74. The molecule has 0 amide bonds. The third kappa shape index (κ3) is 5.73. The number of hydrogen-bond acceptors (Lipinski definition) is 5. The standard InChI is InChI=1S/C17H26N2O4/c1-22-13-14-23-16-6-3-2-5-15(16)19-11-9-18(10-12-19)8-4-7-17(20)21/h2-3,5-6H,4,7-14H2,1H3,(H,20,21). The molecule has 0 aliphatic carbocycles. The number of carbonyl (C=O) groups is 1. The zero-order valence-electron chi connectivity index (χ0n) is 13.7. The van der Waals surface area contributed by atoms with E-state index in [2.05, 4.69) is 15.9 Å². The summed E-state index contributed by atoms with van der Waals surface area (Å²) in [6, 6.07) is 8.08. The summed E-state index contributed by atoms with van der Waals surface area (Å²) in [4.78, 5) is 15.2. The summed E-state index contributed by atoms with van der Waals surface area (Å²) in [5, 5.41) is 8.70. The molecular formula is C17H26N2O4. The Morgan fingerprint density at radius 1 is 1.17 bits per heavy atom. The van der Waals surface area contributed by atoms with E-state index in [9.17, 15) is 4.79 Å². The molecule has 0 atom stereocenters. The van der Waals surface area contributed by atoms with Crippen LogP contribution in [0.2, 0.25) is 0 Å². The second-order valence-electron chi connectivity index (χ2n) is 5.63. The van der Waals surface area contributed by atoms with E-state index in [1.54, 1.807) is 7.11 Å². The van der Waals surface area contributed by atoms with Gasteiger partial charge in [0.2, 0.25) is 0 Å². The molecule has 1 aromatic carbocycles. The topological polar surface area (TPSA) is 62.2 Å². The van der Waals surface area contributed by atoms with Gasteiger partial charge in [-0.3, -0.25) is 9.69 Å². The molecule has 0 aromatic heterocycles. The van der Waals surface area contributed by atoms with Crippen LogP contribution < -0.4 is 9.64 Å². The Labute approximate surface area is 137 Å². The summed E-state index contributed by atoms with van der Waals surface area (Å²) in [6.07, 6.45) is 0.961. The summed E-state index contributed by atoms with van der Waals surface area (Å²) < 4.78 is 10.8. The van der Waals surface area contributed by atoms with Crippen molar-refractivity contribution in [2.45, 2.75) is 12.8 Å². The van der Waals surface area contributed by atoms with Crippen LogP contribution in [0.4, 0.5) is 5.69 Å². The molecule has 1 N–H and O–H groups in total. The molecule has 2 rings (SSSR count). The molecule has 1 saturated heterocycles. The first-order valence-corrected chi connectivity index (χ1v) is 8.10. The largest absolute Gasteiger partial charge is 0.489 e. The minimum atomic E-state index is -0.717. The summed E-state index contributed by atoms with van der Waals surface area (Å²) in [6.45, 7) is 5.73. The number of hydrogen-bond donors (Lipinski definition) is 1. The molecule has 0 saturated carbocycles. The highest BCUT2D eigenvalue weighted by atomic mass is 16.5. The van der Waals surface area contributed by atoms with Gasteiger partial charge in [0.05, 0.1) is 12.3 Å². The average Bonchev–Trinajstić information content (AvgIpc) is 2.56. The van der Waals surface area contributed by atoms with Crippen LogP contribution in [0.3, 0.4) is 0 Å². The summed E-state index contributed by atoms with van der Waals surface area (Å²) in [7, 11) is 1.67. The van der Waals surface area contributed by atoms with Crippen molar-refractivity contribution in [1.82, 2.24) is 4.90 Å². The number of carboxylic acid groups (broad SMARTS) is 1. The first-order valence-electron chi connectivity index (χ1n) is 8.10. The number of rotatable bonds is 9. The van der Waals surface area contributed by atoms with E-state index in [-0.39, 0.29) is 6.42 Å². The van der Waals surface area contributed by atoms with Gasteiger partial charge in [-0.1, -0.05) is 12.1 Å². The van der Waals surface area contributed by atoms with Crippen molar-refractivity contribution >= 4 is 11.7 Å². The van der Waals surface area contributed by atoms with Gasteiger partial charge in [-0.15, -0.1) is 0 Å². The molecule has 0 radical (unpaired) electrons. The van der Waals surface area contributed by atoms with Crippen molar-refractivity contribution in [3.8, 4) is 5.75 Å². The number of ether oxygens (including phenoxy) is 2. The lowest BCUT2D eigenvalue weighted by Gasteiger charge is -2.36. The number of anilines is 1. The average molecular weight is 322 g/mol. The quantitative estimate of drug-likeness (QED) is 0.698. The van der Waals surface area contributed by atoms with Gasteiger partial charge in [-0.25, -0.2) is 0 Å². The van der Waals surface area contributed by atoms with Gasteiger partial charge in [0.15, 0.2) is 0 Å². The fraction of sp³-hybridized carbons (Fsp3) is 0.588. The minimum Gasteiger partial charge on any atom is -0.489 e. The Morgan fingerprint density at radius 3 is 2.61 bits per heavy atom. The molecule has 0 spiro atoms. The fourth-order valence-corrected chi connectivity index (χ4v) is 2.74. The lowest BCUT2D eigenvalue weighted by atomic mass is 10.2. The molecule has 6 heteroatoms. The Bertz CT molecular complexity index is 487. The maximum absolute atomic E-state index is 10.6. The number of nitrogens with zero attached hydrogens (tertiary/aromatic N) is 2. The highest BCUT2D eigenvalue weighted by molar-refractivity contribution is 5.66. The maximum Gasteiger partial charge on any atom is 0.303 e. The molecule has 1 heterocycles. The van der Waals surface area contributed by atoms with Crippen molar-refractivity contribution < 1.29 is 19.4 Å². The third-order valence-electron chi connectivity index (χ3n) is 3.99. The smallest absolute Gasteiger partial charge is 0.303 e. The van der Waals surface area contributed by atoms with E-state index in [0.29, 0.717) is 19.6 Å². The van der Waals surface area contributed by atoms with Crippen molar-refractivity contribution in [3.05, 3.63) is 24.3 Å². The van der Waals surface area contributed by atoms with Crippen molar-refractivity contribution in [2.75, 3.05) is 57.9 Å². The number of aliphatic carboxylic acids is 1. The van der Waals surface area contributed by atoms with Gasteiger partial charge in [0.1, 0.15) is 12.4 Å². The van der Waals surface area contributed by atoms with Crippen LogP contribution in [-0.2, 0) is 9.53 Å². The van der Waals surface area contributed by atoms with E-state index in [4.69, 9.17) is 14.6 Å². The van der Waals surface area contributed by atoms with Crippen LogP contribution in [0.1, 0.15) is 12.8 Å². The van der Waals surface area contributed by atoms with Gasteiger partial charge in [0.25, 0.3) is 0 Å². The van der Waals surface area contributed by atoms with E-state index < -0.39 is 5.97 Å². The van der Waals surface area contributed by atoms with Crippen LogP contribution in [0.15, 0.2) is 24.3 Å². The summed E-state index contributed by atoms with van der Waals surface area (Å²) in [5.41, 5.74) is 1.12. The maximum atomic E-state index is 10.6. The zero-order chi connectivity index (χ0) is 16.5. The third-order valence-corrected chi connectivity index (χ3v) is 3.99. The van der Waals surface area contributed by atoms with Gasteiger partial charge in [0, 0.05) is 39.7 Å². The lowest BCUT2D eigenvalue weighted by molar-refractivity contribution is -0.137. The zero-order valence-corrected chi connectivity index (χ0v) is 13.7. The lowest BCUT2D eigenvalue weighted by Crippen LogP contribution is -2.46. The molecule has 128 valence electrons. The van der Waals surface area contributed by atoms with Crippen LogP contribution in [0, 0.1) is 0 Å². The second-order valence-corrected chi connectivity index (χ2v) is 5.63. The molecule has 0 bridgehead atoms. The molecule has 0 unspecified atom stereocenters. The van der Waals surface area contributed by atoms with Crippen LogP contribution in [0.25, 0.3) is 0 Å². The molecule has 1 aliphatic heterocycles. The number of para-hydroxylation sites is 2. The molecule has 6 nitrogen and oxygen atoms in total. The van der Waals surface area contributed by atoms with Crippen molar-refractivity contribution in [2.24, 2.45) is 0 Å². The Balaban J connectivity index is 1.83. The van der Waals surface area contributed by atoms with Gasteiger partial charge >= 0.3 is 5.97 Å². The first kappa shape index (κ1) is 17.6. The number of carboxylic acids is 1. The van der Waals surface area contributed by atoms with Crippen LogP contribution >= 0.6 is 0 Å².